The van der Waals surface area contributed by atoms with Gasteiger partial charge in [-0.25, -0.2) is 15.0 Å². The van der Waals surface area contributed by atoms with Crippen molar-refractivity contribution in [3.8, 4) is 11.1 Å². The number of nitrogens with one attached hydrogen (secondary N) is 1. The Hall–Kier alpha value is -2.77. The third kappa shape index (κ3) is 5.58. The van der Waals surface area contributed by atoms with Crippen molar-refractivity contribution in [2.75, 3.05) is 49.5 Å². The van der Waals surface area contributed by atoms with Crippen LogP contribution in [-0.4, -0.2) is 69.0 Å². The number of nitrogens with two attached hydrogens (primary N) is 1. The Morgan fingerprint density at radius 3 is 2.43 bits per heavy atom. The van der Waals surface area contributed by atoms with E-state index in [1.54, 1.807) is 11.1 Å². The molecule has 5 rings (SSSR count). The van der Waals surface area contributed by atoms with E-state index in [4.69, 9.17) is 5.73 Å². The normalized spacial score (nSPS) is 17.7. The van der Waals surface area contributed by atoms with Crippen LogP contribution in [0.2, 0.25) is 0 Å². The number of aromatic nitrogens is 3. The summed E-state index contributed by atoms with van der Waals surface area (Å²) in [5.41, 5.74) is 8.40. The van der Waals surface area contributed by atoms with Crippen molar-refractivity contribution in [1.29, 1.82) is 0 Å². The second-order valence-electron chi connectivity index (χ2n) is 9.96. The van der Waals surface area contributed by atoms with Crippen LogP contribution in [0.5, 0.6) is 0 Å². The fraction of sp³-hybridized carbons (Fsp3) is 0.385. The van der Waals surface area contributed by atoms with Crippen LogP contribution in [0, 0.1) is 5.41 Å². The molecule has 1 atom stereocenters. The van der Waals surface area contributed by atoms with Crippen LogP contribution in [0.4, 0.5) is 20.3 Å². The fourth-order valence-corrected chi connectivity index (χ4v) is 5.54. The number of carbonyl (C=O) groups is 1. The van der Waals surface area contributed by atoms with Gasteiger partial charge in [-0.3, -0.25) is 9.69 Å². The predicted molar refractivity (Wildman–Crippen MR) is 147 cm³/mol. The molecule has 1 unspecified atom stereocenters. The lowest BCUT2D eigenvalue weighted by Crippen LogP contribution is -2.73. The fourth-order valence-electron chi connectivity index (χ4n) is 5.05. The number of alkyl halides is 3. The maximum absolute atomic E-state index is 13.4. The summed E-state index contributed by atoms with van der Waals surface area (Å²) in [6, 6.07) is 11.7. The van der Waals surface area contributed by atoms with Crippen molar-refractivity contribution < 1.29 is 13.6 Å². The zero-order valence-electron chi connectivity index (χ0n) is 20.4. The molecular weight excluding hydrogens is 591 g/mol. The van der Waals surface area contributed by atoms with Crippen LogP contribution >= 0.6 is 22.6 Å². The summed E-state index contributed by atoms with van der Waals surface area (Å²) in [4.78, 5) is 30.4. The number of likely N-dealkylation sites (tertiary alicyclic amines) is 1. The molecule has 0 radical (unpaired) electrons. The van der Waals surface area contributed by atoms with Crippen molar-refractivity contribution in [1.82, 2.24) is 19.9 Å². The van der Waals surface area contributed by atoms with Gasteiger partial charge in [0.25, 0.3) is 5.91 Å². The quantitative estimate of drug-likeness (QED) is 0.291. The number of hydrogen-bond acceptors (Lipinski definition) is 7. The highest BCUT2D eigenvalue weighted by atomic mass is 127. The molecule has 3 aromatic rings. The average Bonchev–Trinajstić information content (AvgIpc) is 2.84. The van der Waals surface area contributed by atoms with E-state index >= 15 is 0 Å². The number of pyridine rings is 1. The van der Waals surface area contributed by atoms with Gasteiger partial charge in [0, 0.05) is 90.8 Å². The van der Waals surface area contributed by atoms with Crippen LogP contribution in [0.25, 0.3) is 11.1 Å². The van der Waals surface area contributed by atoms with Crippen molar-refractivity contribution >= 4 is 40.0 Å². The van der Waals surface area contributed by atoms with Gasteiger partial charge in [-0.15, -0.1) is 0 Å². The van der Waals surface area contributed by atoms with Crippen LogP contribution < -0.4 is 16.0 Å². The molecule has 1 spiro atoms. The standard InChI is InChI=1S/C26H28F2IN7O/c1-17(9-30)22-32-10-19(11-33-22)24(37)34-21-20(18-5-3-2-4-6-18)7-8-31-23(21)36-14-25(15-36)12-35(13-25)16-26(27,28)29/h2-8,10-11,17H,9,12-16,30H2,1H3,(H,34,37). The Balaban J connectivity index is 1.38. The predicted octanol–water partition coefficient (Wildman–Crippen LogP) is 4.00. The molecule has 2 aromatic heterocycles. The number of amides is 1. The molecule has 1 aromatic carbocycles. The maximum atomic E-state index is 13.4. The van der Waals surface area contributed by atoms with Gasteiger partial charge in [0.05, 0.1) is 17.8 Å². The minimum absolute atomic E-state index is 0.00371. The molecule has 194 valence electrons. The zero-order chi connectivity index (χ0) is 26.2. The highest BCUT2D eigenvalue weighted by Gasteiger charge is 2.53. The summed E-state index contributed by atoms with van der Waals surface area (Å²) < 4.78 is 24.0. The SMILES string of the molecule is CC(CN)c1ncc(C(=O)Nc2c(-c3ccccc3)ccnc2N2CC3(CN(CC(F)(F)I)C3)C2)cn1. The third-order valence-corrected chi connectivity index (χ3v) is 7.20. The summed E-state index contributed by atoms with van der Waals surface area (Å²) in [7, 11) is 0. The van der Waals surface area contributed by atoms with Gasteiger partial charge in [0.2, 0.25) is 0 Å². The molecule has 2 aliphatic heterocycles. The number of anilines is 2. The van der Waals surface area contributed by atoms with E-state index in [9.17, 15) is 13.6 Å². The molecule has 2 saturated heterocycles. The number of rotatable bonds is 8. The number of nitrogens with zero attached hydrogens (tertiary/aromatic N) is 5. The van der Waals surface area contributed by atoms with Crippen molar-refractivity contribution in [3.63, 3.8) is 0 Å². The zero-order valence-corrected chi connectivity index (χ0v) is 22.5. The van der Waals surface area contributed by atoms with E-state index in [1.807, 2.05) is 43.3 Å². The minimum Gasteiger partial charge on any atom is -0.353 e. The van der Waals surface area contributed by atoms with Gasteiger partial charge in [-0.05, 0) is 11.6 Å². The number of benzene rings is 1. The van der Waals surface area contributed by atoms with Gasteiger partial charge in [0.1, 0.15) is 5.82 Å². The second kappa shape index (κ2) is 10.2. The monoisotopic (exact) mass is 619 g/mol. The second-order valence-corrected chi connectivity index (χ2v) is 11.5. The Morgan fingerprint density at radius 2 is 1.81 bits per heavy atom. The molecule has 0 bridgehead atoms. The van der Waals surface area contributed by atoms with Gasteiger partial charge < -0.3 is 16.0 Å². The number of halogens is 3. The first-order valence-electron chi connectivity index (χ1n) is 12.1. The Labute approximate surface area is 227 Å². The van der Waals surface area contributed by atoms with Crippen LogP contribution in [0.3, 0.4) is 0 Å². The van der Waals surface area contributed by atoms with Gasteiger partial charge in [-0.2, -0.15) is 8.78 Å². The smallest absolute Gasteiger partial charge is 0.308 e. The van der Waals surface area contributed by atoms with E-state index in [0.29, 0.717) is 55.6 Å². The molecule has 8 nitrogen and oxygen atoms in total. The van der Waals surface area contributed by atoms with Crippen molar-refractivity contribution in [2.24, 2.45) is 11.1 Å². The molecule has 11 heteroatoms. The summed E-state index contributed by atoms with van der Waals surface area (Å²) in [6.45, 7) is 4.76. The molecule has 0 aliphatic carbocycles. The van der Waals surface area contributed by atoms with Gasteiger partial charge in [0.15, 0.2) is 5.82 Å². The first-order chi connectivity index (χ1) is 17.7. The van der Waals surface area contributed by atoms with E-state index in [0.717, 1.165) is 11.1 Å². The summed E-state index contributed by atoms with van der Waals surface area (Å²) in [5.74, 6) is 0.905. The van der Waals surface area contributed by atoms with Crippen molar-refractivity contribution in [2.45, 2.75) is 16.8 Å². The lowest BCUT2D eigenvalue weighted by Gasteiger charge is -2.61. The van der Waals surface area contributed by atoms with Crippen molar-refractivity contribution in [3.05, 3.63) is 66.4 Å². The van der Waals surface area contributed by atoms with Gasteiger partial charge >= 0.3 is 3.93 Å². The molecule has 3 N–H and O–H groups in total. The number of carbonyl (C=O) groups excluding carboxylic acids is 1. The average molecular weight is 619 g/mol. The molecular formula is C26H28F2IN7O. The molecule has 1 amide bonds. The maximum Gasteiger partial charge on any atom is 0.308 e. The van der Waals surface area contributed by atoms with Crippen LogP contribution in [-0.2, 0) is 0 Å². The molecule has 4 heterocycles. The first kappa shape index (κ1) is 25.9. The molecule has 2 aliphatic rings. The molecule has 37 heavy (non-hydrogen) atoms. The summed E-state index contributed by atoms with van der Waals surface area (Å²) in [6.07, 6.45) is 4.74. The lowest BCUT2D eigenvalue weighted by atomic mass is 9.72. The highest BCUT2D eigenvalue weighted by Crippen LogP contribution is 2.46. The molecule has 0 saturated carbocycles. The Bertz CT molecular complexity index is 1260. The van der Waals surface area contributed by atoms with Crippen LogP contribution in [0.1, 0.15) is 29.0 Å². The minimum atomic E-state index is -2.73. The van der Waals surface area contributed by atoms with E-state index in [-0.39, 0.29) is 23.8 Å². The van der Waals surface area contributed by atoms with Crippen LogP contribution in [0.15, 0.2) is 55.0 Å². The number of hydrogen-bond donors (Lipinski definition) is 2. The van der Waals surface area contributed by atoms with E-state index in [2.05, 4.69) is 25.2 Å². The van der Waals surface area contributed by atoms with E-state index < -0.39 is 3.93 Å². The largest absolute Gasteiger partial charge is 0.353 e. The summed E-state index contributed by atoms with van der Waals surface area (Å²) >= 11 is 1.19. The Morgan fingerprint density at radius 1 is 1.14 bits per heavy atom. The first-order valence-corrected chi connectivity index (χ1v) is 13.2. The Kier molecular flexibility index (Phi) is 7.12. The van der Waals surface area contributed by atoms with E-state index in [1.165, 1.54) is 35.0 Å². The topological polar surface area (TPSA) is 100 Å². The molecule has 2 fully saturated rings. The van der Waals surface area contributed by atoms with Gasteiger partial charge in [-0.1, -0.05) is 37.3 Å². The summed E-state index contributed by atoms with van der Waals surface area (Å²) in [5, 5.41) is 3.05. The third-order valence-electron chi connectivity index (χ3n) is 6.86. The lowest BCUT2D eigenvalue weighted by molar-refractivity contribution is -0.0561. The highest BCUT2D eigenvalue weighted by molar-refractivity contribution is 14.1.